The van der Waals surface area contributed by atoms with Gasteiger partial charge >= 0.3 is 0 Å². The van der Waals surface area contributed by atoms with E-state index in [-0.39, 0.29) is 17.5 Å². The number of rotatable bonds is 9. The van der Waals surface area contributed by atoms with Gasteiger partial charge in [0.2, 0.25) is 0 Å². The van der Waals surface area contributed by atoms with E-state index in [4.69, 9.17) is 9.15 Å². The zero-order valence-corrected chi connectivity index (χ0v) is 16.8. The molecule has 1 aromatic heterocycles. The summed E-state index contributed by atoms with van der Waals surface area (Å²) in [6.07, 6.45) is 4.51. The summed E-state index contributed by atoms with van der Waals surface area (Å²) in [4.78, 5) is 25.2. The minimum absolute atomic E-state index is 0.121. The van der Waals surface area contributed by atoms with Crippen LogP contribution in [0.1, 0.15) is 28.1 Å². The van der Waals surface area contributed by atoms with Crippen molar-refractivity contribution >= 4 is 17.9 Å². The summed E-state index contributed by atoms with van der Waals surface area (Å²) >= 11 is 0. The molecule has 0 unspecified atom stereocenters. The van der Waals surface area contributed by atoms with E-state index in [2.05, 4.69) is 10.6 Å². The lowest BCUT2D eigenvalue weighted by Gasteiger charge is -2.11. The molecule has 0 aliphatic carbocycles. The quantitative estimate of drug-likeness (QED) is 0.420. The van der Waals surface area contributed by atoms with Gasteiger partial charge in [0.05, 0.1) is 13.4 Å². The minimum Gasteiger partial charge on any atom is -0.496 e. The summed E-state index contributed by atoms with van der Waals surface area (Å²) < 4.78 is 10.6. The molecule has 2 amide bonds. The zero-order valence-electron chi connectivity index (χ0n) is 16.8. The Hall–Kier alpha value is -3.80. The maximum Gasteiger partial charge on any atom is 0.267 e. The topological polar surface area (TPSA) is 80.6 Å². The molecule has 3 aromatic rings. The summed E-state index contributed by atoms with van der Waals surface area (Å²) in [6, 6.07) is 20.0. The van der Waals surface area contributed by atoms with Crippen LogP contribution in [0, 0.1) is 0 Å². The van der Waals surface area contributed by atoms with Crippen molar-refractivity contribution in [1.82, 2.24) is 10.6 Å². The SMILES string of the molecule is COc1ccccc1CCCNC(=O)/C(=C/c1ccco1)NC(=O)c1ccccc1. The number of nitrogens with one attached hydrogen (secondary N) is 2. The molecule has 0 atom stereocenters. The normalized spacial score (nSPS) is 11.0. The van der Waals surface area contributed by atoms with Crippen LogP contribution in [0.15, 0.2) is 83.1 Å². The number of aryl methyl sites for hydroxylation is 1. The number of para-hydroxylation sites is 1. The molecule has 0 saturated heterocycles. The largest absolute Gasteiger partial charge is 0.496 e. The lowest BCUT2D eigenvalue weighted by molar-refractivity contribution is -0.117. The number of amides is 2. The Morgan fingerprint density at radius 2 is 1.77 bits per heavy atom. The number of hydrogen-bond acceptors (Lipinski definition) is 4. The van der Waals surface area contributed by atoms with Gasteiger partial charge < -0.3 is 19.8 Å². The molecule has 0 spiro atoms. The molecule has 3 rings (SSSR count). The predicted octanol–water partition coefficient (Wildman–Crippen LogP) is 3.81. The molecule has 2 N–H and O–H groups in total. The van der Waals surface area contributed by atoms with Crippen LogP contribution in [0.5, 0.6) is 5.75 Å². The first-order valence-electron chi connectivity index (χ1n) is 9.69. The Labute approximate surface area is 175 Å². The number of carbonyl (C=O) groups excluding carboxylic acids is 2. The fourth-order valence-corrected chi connectivity index (χ4v) is 2.94. The molecule has 0 aliphatic rings. The summed E-state index contributed by atoms with van der Waals surface area (Å²) in [6.45, 7) is 0.452. The molecule has 2 aromatic carbocycles. The lowest BCUT2D eigenvalue weighted by atomic mass is 10.1. The first-order valence-corrected chi connectivity index (χ1v) is 9.69. The fourth-order valence-electron chi connectivity index (χ4n) is 2.94. The number of furan rings is 1. The maximum absolute atomic E-state index is 12.7. The van der Waals surface area contributed by atoms with Crippen molar-refractivity contribution in [1.29, 1.82) is 0 Å². The molecular formula is C24H24N2O4. The third kappa shape index (κ3) is 5.85. The van der Waals surface area contributed by atoms with Crippen LogP contribution in [-0.2, 0) is 11.2 Å². The van der Waals surface area contributed by atoms with Gasteiger partial charge in [-0.1, -0.05) is 36.4 Å². The van der Waals surface area contributed by atoms with E-state index in [0.29, 0.717) is 17.9 Å². The van der Waals surface area contributed by atoms with Crippen molar-refractivity contribution < 1.29 is 18.7 Å². The van der Waals surface area contributed by atoms with Crippen molar-refractivity contribution in [3.8, 4) is 5.75 Å². The molecular weight excluding hydrogens is 380 g/mol. The summed E-state index contributed by atoms with van der Waals surface area (Å²) in [7, 11) is 1.64. The van der Waals surface area contributed by atoms with Crippen molar-refractivity contribution in [2.45, 2.75) is 12.8 Å². The highest BCUT2D eigenvalue weighted by Gasteiger charge is 2.15. The van der Waals surface area contributed by atoms with Gasteiger partial charge in [-0.15, -0.1) is 0 Å². The van der Waals surface area contributed by atoms with E-state index >= 15 is 0 Å². The van der Waals surface area contributed by atoms with Crippen molar-refractivity contribution in [3.05, 3.63) is 95.6 Å². The Balaban J connectivity index is 1.61. The molecule has 1 heterocycles. The van der Waals surface area contributed by atoms with Crippen LogP contribution in [0.4, 0.5) is 0 Å². The molecule has 6 nitrogen and oxygen atoms in total. The maximum atomic E-state index is 12.7. The second-order valence-electron chi connectivity index (χ2n) is 6.56. The van der Waals surface area contributed by atoms with Crippen LogP contribution in [-0.4, -0.2) is 25.5 Å². The third-order valence-corrected chi connectivity index (χ3v) is 4.46. The van der Waals surface area contributed by atoms with Gasteiger partial charge in [0, 0.05) is 18.2 Å². The van der Waals surface area contributed by atoms with Crippen LogP contribution >= 0.6 is 0 Å². The highest BCUT2D eigenvalue weighted by Crippen LogP contribution is 2.18. The molecule has 0 aliphatic heterocycles. The lowest BCUT2D eigenvalue weighted by Crippen LogP contribution is -2.35. The van der Waals surface area contributed by atoms with E-state index in [9.17, 15) is 9.59 Å². The first-order chi connectivity index (χ1) is 14.7. The zero-order chi connectivity index (χ0) is 21.2. The third-order valence-electron chi connectivity index (χ3n) is 4.46. The molecule has 6 heteroatoms. The van der Waals surface area contributed by atoms with Gasteiger partial charge in [-0.05, 0) is 48.7 Å². The highest BCUT2D eigenvalue weighted by molar-refractivity contribution is 6.05. The van der Waals surface area contributed by atoms with Crippen LogP contribution < -0.4 is 15.4 Å². The van der Waals surface area contributed by atoms with E-state index in [1.165, 1.54) is 12.3 Å². The van der Waals surface area contributed by atoms with E-state index in [1.54, 1.807) is 43.5 Å². The number of methoxy groups -OCH3 is 1. The van der Waals surface area contributed by atoms with Crippen LogP contribution in [0.2, 0.25) is 0 Å². The highest BCUT2D eigenvalue weighted by atomic mass is 16.5. The number of hydrogen-bond donors (Lipinski definition) is 2. The number of carbonyl (C=O) groups is 2. The predicted molar refractivity (Wildman–Crippen MR) is 115 cm³/mol. The number of benzene rings is 2. The molecule has 0 fully saturated rings. The summed E-state index contributed by atoms with van der Waals surface area (Å²) in [5, 5.41) is 5.53. The Morgan fingerprint density at radius 3 is 2.50 bits per heavy atom. The average molecular weight is 404 g/mol. The van der Waals surface area contributed by atoms with Gasteiger partial charge in [0.15, 0.2) is 0 Å². The van der Waals surface area contributed by atoms with Crippen LogP contribution in [0.25, 0.3) is 6.08 Å². The van der Waals surface area contributed by atoms with Crippen molar-refractivity contribution in [2.75, 3.05) is 13.7 Å². The average Bonchev–Trinajstić information content (AvgIpc) is 3.30. The smallest absolute Gasteiger partial charge is 0.267 e. The Bertz CT molecular complexity index is 995. The van der Waals surface area contributed by atoms with E-state index in [1.807, 2.05) is 30.3 Å². The van der Waals surface area contributed by atoms with Gasteiger partial charge in [0.25, 0.3) is 11.8 Å². The fraction of sp³-hybridized carbons (Fsp3) is 0.167. The number of ether oxygens (including phenoxy) is 1. The van der Waals surface area contributed by atoms with Gasteiger partial charge in [-0.25, -0.2) is 0 Å². The van der Waals surface area contributed by atoms with E-state index < -0.39 is 0 Å². The van der Waals surface area contributed by atoms with Crippen molar-refractivity contribution in [2.24, 2.45) is 0 Å². The standard InChI is InChI=1S/C24H24N2O4/c1-29-22-14-6-5-9-18(22)12-7-15-25-24(28)21(17-20-13-8-16-30-20)26-23(27)19-10-3-2-4-11-19/h2-6,8-11,13-14,16-17H,7,12,15H2,1H3,(H,25,28)(H,26,27)/b21-17-. The molecule has 30 heavy (non-hydrogen) atoms. The Kier molecular flexibility index (Phi) is 7.44. The van der Waals surface area contributed by atoms with Gasteiger partial charge in [-0.2, -0.15) is 0 Å². The summed E-state index contributed by atoms with van der Waals surface area (Å²) in [5.41, 5.74) is 1.67. The first kappa shape index (κ1) is 20.9. The second kappa shape index (κ2) is 10.7. The molecule has 0 saturated carbocycles. The molecule has 0 bridgehead atoms. The van der Waals surface area contributed by atoms with E-state index in [0.717, 1.165) is 24.2 Å². The van der Waals surface area contributed by atoms with Gasteiger partial charge in [0.1, 0.15) is 17.2 Å². The monoisotopic (exact) mass is 404 g/mol. The second-order valence-corrected chi connectivity index (χ2v) is 6.56. The molecule has 154 valence electrons. The Morgan fingerprint density at radius 1 is 1.00 bits per heavy atom. The van der Waals surface area contributed by atoms with Gasteiger partial charge in [-0.3, -0.25) is 9.59 Å². The molecule has 0 radical (unpaired) electrons. The van der Waals surface area contributed by atoms with Crippen LogP contribution in [0.3, 0.4) is 0 Å². The summed E-state index contributed by atoms with van der Waals surface area (Å²) in [5.74, 6) is 0.563. The minimum atomic E-state index is -0.379. The van der Waals surface area contributed by atoms with Crippen molar-refractivity contribution in [3.63, 3.8) is 0 Å².